The van der Waals surface area contributed by atoms with Crippen molar-refractivity contribution in [3.63, 3.8) is 0 Å². The molecule has 0 aliphatic rings. The molecule has 1 atom stereocenters. The second-order valence-corrected chi connectivity index (χ2v) is 9.89. The summed E-state index contributed by atoms with van der Waals surface area (Å²) in [6.45, 7) is 12.5. The van der Waals surface area contributed by atoms with Gasteiger partial charge in [0.1, 0.15) is 0 Å². The maximum Gasteiger partial charge on any atom is 0.306 e. The molecule has 2 rings (SSSR count). The van der Waals surface area contributed by atoms with Crippen LogP contribution in [0.1, 0.15) is 70.1 Å². The Morgan fingerprint density at radius 3 is 2.17 bits per heavy atom. The number of carbonyl (C=O) groups excluding carboxylic acids is 2. The van der Waals surface area contributed by atoms with Gasteiger partial charge in [0.2, 0.25) is 5.91 Å². The van der Waals surface area contributed by atoms with Gasteiger partial charge in [-0.1, -0.05) is 52.8 Å². The van der Waals surface area contributed by atoms with E-state index in [1.165, 1.54) is 7.11 Å². The van der Waals surface area contributed by atoms with Gasteiger partial charge >= 0.3 is 5.97 Å². The van der Waals surface area contributed by atoms with E-state index in [0.29, 0.717) is 23.8 Å². The van der Waals surface area contributed by atoms with E-state index in [1.807, 2.05) is 18.2 Å². The highest BCUT2D eigenvalue weighted by atomic mass is 16.5. The number of esters is 1. The largest absolute Gasteiger partial charge is 0.469 e. The van der Waals surface area contributed by atoms with Crippen LogP contribution in [0.2, 0.25) is 0 Å². The lowest BCUT2D eigenvalue weighted by Gasteiger charge is -2.31. The van der Waals surface area contributed by atoms with Crippen LogP contribution in [0.5, 0.6) is 0 Å². The molecule has 2 aromatic carbocycles. The Morgan fingerprint density at radius 2 is 1.66 bits per heavy atom. The van der Waals surface area contributed by atoms with E-state index in [-0.39, 0.29) is 24.2 Å². The number of ether oxygens (including phenoxy) is 1. The van der Waals surface area contributed by atoms with Crippen molar-refractivity contribution in [2.45, 2.75) is 59.8 Å². The van der Waals surface area contributed by atoms with E-state index in [2.05, 4.69) is 63.0 Å². The molecule has 0 spiro atoms. The summed E-state index contributed by atoms with van der Waals surface area (Å²) in [5.41, 5.74) is 4.16. The van der Waals surface area contributed by atoms with Crippen molar-refractivity contribution in [2.75, 3.05) is 30.4 Å². The average Bonchev–Trinajstić information content (AvgIpc) is 2.81. The van der Waals surface area contributed by atoms with Crippen LogP contribution < -0.4 is 10.2 Å². The SMILES string of the molecule is CCC(CC(=O)OC)c1ccc(N(CC(C)C)CC(C)C)c(NC(=O)Cc2ccc(C#N)cc2)c1. The molecular weight excluding hydrogens is 438 g/mol. The minimum atomic E-state index is -0.242. The molecular formula is C29H39N3O3. The maximum absolute atomic E-state index is 13.1. The zero-order valence-electron chi connectivity index (χ0n) is 21.9. The number of hydrogen-bond acceptors (Lipinski definition) is 5. The fourth-order valence-electron chi connectivity index (χ4n) is 4.20. The lowest BCUT2D eigenvalue weighted by Crippen LogP contribution is -2.32. The molecule has 35 heavy (non-hydrogen) atoms. The van der Waals surface area contributed by atoms with Gasteiger partial charge in [0.15, 0.2) is 0 Å². The highest BCUT2D eigenvalue weighted by molar-refractivity contribution is 5.96. The standard InChI is InChI=1S/C29H39N3O3/c1-7-24(16-29(34)35-6)25-12-13-27(32(18-20(2)3)19-21(4)5)26(15-25)31-28(33)14-22-8-10-23(17-30)11-9-22/h8-13,15,20-21,24H,7,14,16,18-19H2,1-6H3,(H,31,33). The van der Waals surface area contributed by atoms with E-state index in [1.54, 1.807) is 12.1 Å². The molecule has 188 valence electrons. The van der Waals surface area contributed by atoms with Crippen LogP contribution in [-0.2, 0) is 20.7 Å². The molecule has 1 N–H and O–H groups in total. The Bertz CT molecular complexity index is 1010. The van der Waals surface area contributed by atoms with Crippen molar-refractivity contribution in [2.24, 2.45) is 11.8 Å². The first-order valence-electron chi connectivity index (χ1n) is 12.4. The van der Waals surface area contributed by atoms with Crippen molar-refractivity contribution >= 4 is 23.3 Å². The van der Waals surface area contributed by atoms with E-state index < -0.39 is 0 Å². The summed E-state index contributed by atoms with van der Waals surface area (Å²) in [6.07, 6.45) is 1.30. The topological polar surface area (TPSA) is 82.4 Å². The average molecular weight is 478 g/mol. The number of nitriles is 1. The van der Waals surface area contributed by atoms with E-state index in [9.17, 15) is 9.59 Å². The third kappa shape index (κ3) is 8.75. The summed E-state index contributed by atoms with van der Waals surface area (Å²) in [5.74, 6) is 0.558. The van der Waals surface area contributed by atoms with Gasteiger partial charge in [-0.3, -0.25) is 9.59 Å². The molecule has 0 aromatic heterocycles. The van der Waals surface area contributed by atoms with Gasteiger partial charge < -0.3 is 15.0 Å². The zero-order chi connectivity index (χ0) is 26.0. The second-order valence-electron chi connectivity index (χ2n) is 9.89. The number of methoxy groups -OCH3 is 1. The molecule has 0 bridgehead atoms. The van der Waals surface area contributed by atoms with Gasteiger partial charge in [0, 0.05) is 13.1 Å². The molecule has 2 aromatic rings. The van der Waals surface area contributed by atoms with Gasteiger partial charge in [-0.25, -0.2) is 0 Å². The number of carbonyl (C=O) groups is 2. The number of rotatable bonds is 12. The van der Waals surface area contributed by atoms with Crippen molar-refractivity contribution in [3.8, 4) is 6.07 Å². The van der Waals surface area contributed by atoms with Crippen molar-refractivity contribution in [3.05, 3.63) is 59.2 Å². The molecule has 0 fully saturated rings. The van der Waals surface area contributed by atoms with E-state index in [4.69, 9.17) is 10.00 Å². The van der Waals surface area contributed by atoms with Crippen LogP contribution in [0.3, 0.4) is 0 Å². The minimum Gasteiger partial charge on any atom is -0.469 e. The predicted octanol–water partition coefficient (Wildman–Crippen LogP) is 5.91. The highest BCUT2D eigenvalue weighted by Gasteiger charge is 2.20. The van der Waals surface area contributed by atoms with Gasteiger partial charge in [-0.15, -0.1) is 0 Å². The van der Waals surface area contributed by atoms with Crippen LogP contribution in [0.25, 0.3) is 0 Å². The smallest absolute Gasteiger partial charge is 0.306 e. The first-order valence-corrected chi connectivity index (χ1v) is 12.4. The van der Waals surface area contributed by atoms with Crippen molar-refractivity contribution < 1.29 is 14.3 Å². The molecule has 6 heteroatoms. The quantitative estimate of drug-likeness (QED) is 0.384. The van der Waals surface area contributed by atoms with Crippen LogP contribution in [-0.4, -0.2) is 32.1 Å². The Hall–Kier alpha value is -3.33. The molecule has 0 saturated carbocycles. The number of benzene rings is 2. The van der Waals surface area contributed by atoms with Gasteiger partial charge in [0.25, 0.3) is 0 Å². The van der Waals surface area contributed by atoms with Crippen LogP contribution >= 0.6 is 0 Å². The normalized spacial score (nSPS) is 11.7. The summed E-state index contributed by atoms with van der Waals surface area (Å²) in [6, 6.07) is 15.3. The summed E-state index contributed by atoms with van der Waals surface area (Å²) in [4.78, 5) is 27.4. The fourth-order valence-corrected chi connectivity index (χ4v) is 4.20. The lowest BCUT2D eigenvalue weighted by molar-refractivity contribution is -0.141. The van der Waals surface area contributed by atoms with Gasteiger partial charge in [0.05, 0.1) is 43.0 Å². The number of anilines is 2. The highest BCUT2D eigenvalue weighted by Crippen LogP contribution is 2.34. The predicted molar refractivity (Wildman–Crippen MR) is 141 cm³/mol. The third-order valence-electron chi connectivity index (χ3n) is 5.86. The minimum absolute atomic E-state index is 0.00863. The molecule has 0 radical (unpaired) electrons. The van der Waals surface area contributed by atoms with Crippen LogP contribution in [0.4, 0.5) is 11.4 Å². The monoisotopic (exact) mass is 477 g/mol. The Labute approximate surface area is 210 Å². The summed E-state index contributed by atoms with van der Waals surface area (Å²) in [5, 5.41) is 12.2. The van der Waals surface area contributed by atoms with Gasteiger partial charge in [-0.05, 0) is 59.6 Å². The van der Waals surface area contributed by atoms with E-state index >= 15 is 0 Å². The Morgan fingerprint density at radius 1 is 1.03 bits per heavy atom. The zero-order valence-corrected chi connectivity index (χ0v) is 21.9. The number of amides is 1. The number of nitrogens with one attached hydrogen (secondary N) is 1. The maximum atomic E-state index is 13.1. The molecule has 0 saturated heterocycles. The van der Waals surface area contributed by atoms with E-state index in [0.717, 1.165) is 42.0 Å². The van der Waals surface area contributed by atoms with Crippen LogP contribution in [0.15, 0.2) is 42.5 Å². The summed E-state index contributed by atoms with van der Waals surface area (Å²) < 4.78 is 4.89. The van der Waals surface area contributed by atoms with Gasteiger partial charge in [-0.2, -0.15) is 5.26 Å². The Balaban J connectivity index is 2.41. The fraction of sp³-hybridized carbons (Fsp3) is 0.483. The van der Waals surface area contributed by atoms with Crippen molar-refractivity contribution in [1.29, 1.82) is 5.26 Å². The van der Waals surface area contributed by atoms with Crippen LogP contribution in [0, 0.1) is 23.2 Å². The number of nitrogens with zero attached hydrogens (tertiary/aromatic N) is 2. The molecule has 6 nitrogen and oxygen atoms in total. The third-order valence-corrected chi connectivity index (χ3v) is 5.86. The first kappa shape index (κ1) is 27.9. The Kier molecular flexibility index (Phi) is 10.8. The molecule has 0 aliphatic heterocycles. The lowest BCUT2D eigenvalue weighted by atomic mass is 9.92. The first-order chi connectivity index (χ1) is 16.7. The summed E-state index contributed by atoms with van der Waals surface area (Å²) >= 11 is 0. The number of hydrogen-bond donors (Lipinski definition) is 1. The second kappa shape index (κ2) is 13.5. The molecule has 0 heterocycles. The molecule has 1 unspecified atom stereocenters. The molecule has 1 amide bonds. The van der Waals surface area contributed by atoms with Crippen molar-refractivity contribution in [1.82, 2.24) is 0 Å². The molecule has 0 aliphatic carbocycles. The summed E-state index contributed by atoms with van der Waals surface area (Å²) in [7, 11) is 1.41.